The van der Waals surface area contributed by atoms with Crippen molar-refractivity contribution >= 4 is 33.5 Å². The van der Waals surface area contributed by atoms with Crippen molar-refractivity contribution in [3.05, 3.63) is 95.1 Å². The molecule has 1 heterocycles. The third-order valence-corrected chi connectivity index (χ3v) is 7.27. The minimum atomic E-state index is 0.139. The highest BCUT2D eigenvalue weighted by atomic mass is 32.2. The number of nitrogens with one attached hydrogen (secondary N) is 1. The van der Waals surface area contributed by atoms with Crippen LogP contribution in [0.15, 0.2) is 89.4 Å². The first-order valence-corrected chi connectivity index (χ1v) is 11.7. The Balaban J connectivity index is 1.61. The van der Waals surface area contributed by atoms with Crippen molar-refractivity contribution in [3.8, 4) is 0 Å². The highest BCUT2D eigenvalue weighted by Crippen LogP contribution is 2.34. The Hall–Kier alpha value is -2.14. The van der Waals surface area contributed by atoms with Crippen molar-refractivity contribution in [2.75, 3.05) is 0 Å². The van der Waals surface area contributed by atoms with Crippen molar-refractivity contribution in [1.29, 1.82) is 0 Å². The molecule has 2 unspecified atom stereocenters. The predicted molar refractivity (Wildman–Crippen MR) is 127 cm³/mol. The van der Waals surface area contributed by atoms with Crippen molar-refractivity contribution in [2.45, 2.75) is 37.6 Å². The summed E-state index contributed by atoms with van der Waals surface area (Å²) in [6.07, 6.45) is 8.65. The van der Waals surface area contributed by atoms with Gasteiger partial charge in [-0.15, -0.1) is 11.3 Å². The Morgan fingerprint density at radius 3 is 2.79 bits per heavy atom. The molecule has 1 aromatic heterocycles. The summed E-state index contributed by atoms with van der Waals surface area (Å²) in [5, 5.41) is 1.13. The lowest BCUT2D eigenvalue weighted by Crippen LogP contribution is -2.15. The summed E-state index contributed by atoms with van der Waals surface area (Å²) in [5.74, 6) is 0.416. The first kappa shape index (κ1) is 20.1. The highest BCUT2D eigenvalue weighted by Gasteiger charge is 2.19. The second kappa shape index (κ2) is 9.12. The molecular formula is C25H26N2S2. The van der Waals surface area contributed by atoms with Gasteiger partial charge in [-0.1, -0.05) is 62.9 Å². The van der Waals surface area contributed by atoms with Gasteiger partial charge in [-0.25, -0.2) is 9.71 Å². The van der Waals surface area contributed by atoms with Gasteiger partial charge in [-0.2, -0.15) is 0 Å². The lowest BCUT2D eigenvalue weighted by atomic mass is 9.91. The number of aryl methyl sites for hydroxylation is 1. The number of aromatic nitrogens is 1. The number of thiazole rings is 1. The standard InChI is InChI=1S/C25H26N2S2/c1-4-19-12-13-22-24(16-19)28-25(26-22)23(27-29-21-8-6-5-7-9-21)15-20-11-10-17(2)18(3)14-20/h5-14,16-17,23,27H,3-4,15H2,1-2H3. The summed E-state index contributed by atoms with van der Waals surface area (Å²) in [4.78, 5) is 6.18. The van der Waals surface area contributed by atoms with Crippen LogP contribution in [0, 0.1) is 5.92 Å². The molecule has 2 atom stereocenters. The van der Waals surface area contributed by atoms with Crippen LogP contribution in [0.3, 0.4) is 0 Å². The normalized spacial score (nSPS) is 17.5. The summed E-state index contributed by atoms with van der Waals surface area (Å²) in [5.41, 5.74) is 4.92. The molecule has 2 nitrogen and oxygen atoms in total. The number of rotatable bonds is 7. The molecule has 0 aliphatic heterocycles. The quantitative estimate of drug-likeness (QED) is 0.408. The van der Waals surface area contributed by atoms with E-state index in [0.717, 1.165) is 23.4 Å². The Kier molecular flexibility index (Phi) is 6.34. The molecule has 1 aliphatic rings. The molecule has 29 heavy (non-hydrogen) atoms. The molecular weight excluding hydrogens is 392 g/mol. The van der Waals surface area contributed by atoms with E-state index in [4.69, 9.17) is 4.98 Å². The number of allylic oxidation sites excluding steroid dienone is 4. The van der Waals surface area contributed by atoms with Crippen molar-refractivity contribution < 1.29 is 0 Å². The molecule has 0 bridgehead atoms. The van der Waals surface area contributed by atoms with Gasteiger partial charge in [-0.05, 0) is 71.7 Å². The van der Waals surface area contributed by atoms with Gasteiger partial charge in [0.05, 0.1) is 16.3 Å². The number of nitrogens with zero attached hydrogens (tertiary/aromatic N) is 1. The number of fused-ring (bicyclic) bond motifs is 1. The SMILES string of the molecule is C=C1C=C(CC(NSc2ccccc2)c2nc3ccc(CC)cc3s2)C=CC1C. The third-order valence-electron chi connectivity index (χ3n) is 5.23. The van der Waals surface area contributed by atoms with Gasteiger partial charge in [0.15, 0.2) is 0 Å². The van der Waals surface area contributed by atoms with Crippen molar-refractivity contribution in [1.82, 2.24) is 9.71 Å². The van der Waals surface area contributed by atoms with Crippen molar-refractivity contribution in [3.63, 3.8) is 0 Å². The lowest BCUT2D eigenvalue weighted by molar-refractivity contribution is 0.667. The van der Waals surface area contributed by atoms with Gasteiger partial charge in [0, 0.05) is 4.90 Å². The Labute approximate surface area is 181 Å². The summed E-state index contributed by atoms with van der Waals surface area (Å²) in [6.45, 7) is 8.59. The van der Waals surface area contributed by atoms with Crippen LogP contribution in [-0.4, -0.2) is 4.98 Å². The minimum Gasteiger partial charge on any atom is -0.250 e. The van der Waals surface area contributed by atoms with E-state index in [-0.39, 0.29) is 6.04 Å². The molecule has 0 radical (unpaired) electrons. The molecule has 1 N–H and O–H groups in total. The topological polar surface area (TPSA) is 24.9 Å². The second-order valence-electron chi connectivity index (χ2n) is 7.44. The van der Waals surface area contributed by atoms with E-state index in [2.05, 4.69) is 85.8 Å². The molecule has 148 valence electrons. The summed E-state index contributed by atoms with van der Waals surface area (Å²) in [6, 6.07) is 17.2. The van der Waals surface area contributed by atoms with Gasteiger partial charge in [-0.3, -0.25) is 0 Å². The summed E-state index contributed by atoms with van der Waals surface area (Å²) < 4.78 is 4.94. The van der Waals surface area contributed by atoms with Crippen LogP contribution in [-0.2, 0) is 6.42 Å². The molecule has 1 aliphatic carbocycles. The molecule has 0 amide bonds. The fourth-order valence-corrected chi connectivity index (χ4v) is 5.26. The monoisotopic (exact) mass is 418 g/mol. The molecule has 4 rings (SSSR count). The fraction of sp³-hybridized carbons (Fsp3) is 0.240. The predicted octanol–water partition coefficient (Wildman–Crippen LogP) is 7.28. The van der Waals surface area contributed by atoms with Crippen LogP contribution >= 0.6 is 23.3 Å². The Morgan fingerprint density at radius 2 is 2.03 bits per heavy atom. The van der Waals surface area contributed by atoms with Crippen LogP contribution in [0.2, 0.25) is 0 Å². The average Bonchev–Trinajstić information content (AvgIpc) is 3.17. The largest absolute Gasteiger partial charge is 0.250 e. The molecule has 3 aromatic rings. The maximum Gasteiger partial charge on any atom is 0.112 e. The Morgan fingerprint density at radius 1 is 1.21 bits per heavy atom. The number of benzene rings is 2. The van der Waals surface area contributed by atoms with Crippen molar-refractivity contribution in [2.24, 2.45) is 5.92 Å². The van der Waals surface area contributed by atoms with E-state index in [9.17, 15) is 0 Å². The van der Waals surface area contributed by atoms with Gasteiger partial charge < -0.3 is 0 Å². The minimum absolute atomic E-state index is 0.139. The lowest BCUT2D eigenvalue weighted by Gasteiger charge is -2.20. The van der Waals surface area contributed by atoms with Crippen LogP contribution < -0.4 is 4.72 Å². The van der Waals surface area contributed by atoms with Gasteiger partial charge in [0.1, 0.15) is 5.01 Å². The van der Waals surface area contributed by atoms with Crippen LogP contribution in [0.1, 0.15) is 36.9 Å². The zero-order valence-electron chi connectivity index (χ0n) is 16.9. The second-order valence-corrected chi connectivity index (χ2v) is 9.41. The molecule has 0 fully saturated rings. The smallest absolute Gasteiger partial charge is 0.112 e. The molecule has 0 saturated heterocycles. The zero-order chi connectivity index (χ0) is 20.2. The van der Waals surface area contributed by atoms with E-state index in [0.29, 0.717) is 5.92 Å². The first-order valence-electron chi connectivity index (χ1n) is 10.1. The summed E-state index contributed by atoms with van der Waals surface area (Å²) in [7, 11) is 0. The first-order chi connectivity index (χ1) is 14.1. The Bertz CT molecular complexity index is 1060. The summed E-state index contributed by atoms with van der Waals surface area (Å²) >= 11 is 3.47. The van der Waals surface area contributed by atoms with E-state index >= 15 is 0 Å². The van der Waals surface area contributed by atoms with E-state index in [1.54, 1.807) is 23.3 Å². The van der Waals surface area contributed by atoms with E-state index < -0.39 is 0 Å². The van der Waals surface area contributed by atoms with Gasteiger partial charge in [0.25, 0.3) is 0 Å². The third kappa shape index (κ3) is 4.89. The van der Waals surface area contributed by atoms with Crippen LogP contribution in [0.5, 0.6) is 0 Å². The number of hydrogen-bond acceptors (Lipinski definition) is 4. The maximum atomic E-state index is 4.97. The van der Waals surface area contributed by atoms with E-state index in [1.165, 1.54) is 26.3 Å². The van der Waals surface area contributed by atoms with Crippen LogP contribution in [0.25, 0.3) is 10.2 Å². The highest BCUT2D eigenvalue weighted by molar-refractivity contribution is 7.97. The average molecular weight is 419 g/mol. The maximum absolute atomic E-state index is 4.97. The molecule has 2 aromatic carbocycles. The van der Waals surface area contributed by atoms with Gasteiger partial charge in [0.2, 0.25) is 0 Å². The number of hydrogen-bond donors (Lipinski definition) is 1. The fourth-order valence-electron chi connectivity index (χ4n) is 3.33. The van der Waals surface area contributed by atoms with E-state index in [1.807, 2.05) is 6.07 Å². The molecule has 4 heteroatoms. The zero-order valence-corrected chi connectivity index (χ0v) is 18.5. The van der Waals surface area contributed by atoms with Gasteiger partial charge >= 0.3 is 0 Å². The molecule has 0 spiro atoms. The van der Waals surface area contributed by atoms with Crippen LogP contribution in [0.4, 0.5) is 0 Å². The molecule has 0 saturated carbocycles.